The van der Waals surface area contributed by atoms with Gasteiger partial charge in [0, 0.05) is 24.6 Å². The molecule has 17 heavy (non-hydrogen) atoms. The molecule has 4 heteroatoms. The Balaban J connectivity index is 2.23. The van der Waals surface area contributed by atoms with E-state index >= 15 is 0 Å². The number of likely N-dealkylation sites (N-methyl/N-ethyl adjacent to an activating group) is 1. The van der Waals surface area contributed by atoms with Gasteiger partial charge in [0.1, 0.15) is 0 Å². The largest absolute Gasteiger partial charge is 0.440 e. The highest BCUT2D eigenvalue weighted by atomic mass is 16.6. The Morgan fingerprint density at radius 3 is 2.71 bits per heavy atom. The van der Waals surface area contributed by atoms with E-state index in [1.54, 1.807) is 7.05 Å². The van der Waals surface area contributed by atoms with Crippen LogP contribution in [0.4, 0.5) is 5.69 Å². The second-order valence-corrected chi connectivity index (χ2v) is 4.38. The predicted octanol–water partition coefficient (Wildman–Crippen LogP) is 1.36. The second kappa shape index (κ2) is 2.97. The zero-order chi connectivity index (χ0) is 12.2. The lowest BCUT2D eigenvalue weighted by Gasteiger charge is -2.20. The Labute approximate surface area is 98.5 Å². The van der Waals surface area contributed by atoms with Crippen LogP contribution in [0.3, 0.4) is 0 Å². The fourth-order valence-corrected chi connectivity index (χ4v) is 2.51. The molecule has 0 saturated carbocycles. The van der Waals surface area contributed by atoms with Gasteiger partial charge in [-0.1, -0.05) is 24.8 Å². The molecule has 4 nitrogen and oxygen atoms in total. The van der Waals surface area contributed by atoms with Gasteiger partial charge in [-0.25, -0.2) is 4.79 Å². The normalized spacial score (nSPS) is 26.6. The van der Waals surface area contributed by atoms with Gasteiger partial charge in [-0.3, -0.25) is 4.79 Å². The monoisotopic (exact) mass is 229 g/mol. The summed E-state index contributed by atoms with van der Waals surface area (Å²) in [5.74, 6) is -0.686. The van der Waals surface area contributed by atoms with Crippen LogP contribution < -0.4 is 4.90 Å². The van der Waals surface area contributed by atoms with E-state index in [1.807, 2.05) is 24.3 Å². The maximum Gasteiger partial charge on any atom is 0.335 e. The Morgan fingerprint density at radius 2 is 2.06 bits per heavy atom. The molecule has 1 amide bonds. The van der Waals surface area contributed by atoms with Crippen LogP contribution in [0, 0.1) is 0 Å². The van der Waals surface area contributed by atoms with Gasteiger partial charge in [-0.05, 0) is 6.07 Å². The summed E-state index contributed by atoms with van der Waals surface area (Å²) in [6.45, 7) is 3.64. The SMILES string of the molecule is C=C1C[C@]2(OC1=O)C(=O)N(C)c1ccccc12. The molecule has 0 aromatic heterocycles. The molecule has 3 rings (SSSR count). The van der Waals surface area contributed by atoms with Gasteiger partial charge in [0.25, 0.3) is 5.91 Å². The van der Waals surface area contributed by atoms with E-state index in [-0.39, 0.29) is 12.3 Å². The highest BCUT2D eigenvalue weighted by molar-refractivity contribution is 6.10. The van der Waals surface area contributed by atoms with Gasteiger partial charge < -0.3 is 9.64 Å². The van der Waals surface area contributed by atoms with Crippen molar-refractivity contribution in [3.8, 4) is 0 Å². The number of esters is 1. The summed E-state index contributed by atoms with van der Waals surface area (Å²) in [5.41, 5.74) is 0.724. The number of nitrogens with zero attached hydrogens (tertiary/aromatic N) is 1. The summed E-state index contributed by atoms with van der Waals surface area (Å²) < 4.78 is 5.30. The van der Waals surface area contributed by atoms with E-state index in [4.69, 9.17) is 4.74 Å². The molecule has 1 aromatic rings. The summed E-state index contributed by atoms with van der Waals surface area (Å²) in [5, 5.41) is 0. The zero-order valence-electron chi connectivity index (χ0n) is 9.40. The van der Waals surface area contributed by atoms with Gasteiger partial charge in [-0.15, -0.1) is 0 Å². The fraction of sp³-hybridized carbons (Fsp3) is 0.231. The minimum atomic E-state index is -1.17. The van der Waals surface area contributed by atoms with Crippen LogP contribution >= 0.6 is 0 Å². The maximum atomic E-state index is 12.3. The number of fused-ring (bicyclic) bond motifs is 2. The van der Waals surface area contributed by atoms with E-state index in [0.29, 0.717) is 5.57 Å². The van der Waals surface area contributed by atoms with Crippen molar-refractivity contribution in [1.82, 2.24) is 0 Å². The number of benzene rings is 1. The van der Waals surface area contributed by atoms with Crippen LogP contribution in [-0.4, -0.2) is 18.9 Å². The molecule has 0 radical (unpaired) electrons. The lowest BCUT2D eigenvalue weighted by molar-refractivity contribution is -0.156. The fourth-order valence-electron chi connectivity index (χ4n) is 2.51. The predicted molar refractivity (Wildman–Crippen MR) is 61.4 cm³/mol. The summed E-state index contributed by atoms with van der Waals surface area (Å²) in [6, 6.07) is 7.36. The molecule has 2 heterocycles. The minimum absolute atomic E-state index is 0.203. The molecule has 1 saturated heterocycles. The third kappa shape index (κ3) is 1.07. The zero-order valence-corrected chi connectivity index (χ0v) is 9.40. The first kappa shape index (κ1) is 10.1. The van der Waals surface area contributed by atoms with Crippen LogP contribution in [-0.2, 0) is 19.9 Å². The highest BCUT2D eigenvalue weighted by Gasteiger charge is 2.57. The molecule has 1 atom stereocenters. The van der Waals surface area contributed by atoms with Crippen molar-refractivity contribution in [3.63, 3.8) is 0 Å². The Kier molecular flexibility index (Phi) is 1.76. The first-order valence-corrected chi connectivity index (χ1v) is 5.35. The van der Waals surface area contributed by atoms with Crippen LogP contribution in [0.5, 0.6) is 0 Å². The number of ether oxygens (including phenoxy) is 1. The number of anilines is 1. The van der Waals surface area contributed by atoms with Crippen LogP contribution in [0.2, 0.25) is 0 Å². The van der Waals surface area contributed by atoms with Gasteiger partial charge in [0.2, 0.25) is 5.60 Å². The number of carbonyl (C=O) groups excluding carboxylic acids is 2. The molecule has 0 aliphatic carbocycles. The lowest BCUT2D eigenvalue weighted by atomic mass is 9.91. The standard InChI is InChI=1S/C13H11NO3/c1-8-7-13(17-11(8)15)9-5-3-4-6-10(9)14(2)12(13)16/h3-6H,1,7H2,2H3/t13-/m1/s1. The van der Waals surface area contributed by atoms with E-state index in [1.165, 1.54) is 4.90 Å². The highest BCUT2D eigenvalue weighted by Crippen LogP contribution is 2.48. The van der Waals surface area contributed by atoms with E-state index in [9.17, 15) is 9.59 Å². The lowest BCUT2D eigenvalue weighted by Crippen LogP contribution is -2.38. The minimum Gasteiger partial charge on any atom is -0.440 e. The van der Waals surface area contributed by atoms with Crippen LogP contribution in [0.15, 0.2) is 36.4 Å². The Bertz CT molecular complexity index is 546. The molecular formula is C13H11NO3. The van der Waals surface area contributed by atoms with Crippen molar-refractivity contribution in [2.75, 3.05) is 11.9 Å². The number of hydrogen-bond donors (Lipinski definition) is 0. The van der Waals surface area contributed by atoms with Crippen LogP contribution in [0.1, 0.15) is 12.0 Å². The quantitative estimate of drug-likeness (QED) is 0.498. The number of hydrogen-bond acceptors (Lipinski definition) is 3. The van der Waals surface area contributed by atoms with Gasteiger partial charge in [0.05, 0.1) is 5.69 Å². The van der Waals surface area contributed by atoms with Crippen LogP contribution in [0.25, 0.3) is 0 Å². The molecule has 0 bridgehead atoms. The van der Waals surface area contributed by atoms with Crippen molar-refractivity contribution in [2.24, 2.45) is 0 Å². The van der Waals surface area contributed by atoms with Crippen molar-refractivity contribution >= 4 is 17.6 Å². The molecule has 0 unspecified atom stereocenters. The average molecular weight is 229 g/mol. The first-order valence-electron chi connectivity index (χ1n) is 5.35. The first-order chi connectivity index (χ1) is 8.06. The third-order valence-electron chi connectivity index (χ3n) is 3.37. The molecule has 2 aliphatic rings. The number of rotatable bonds is 0. The molecule has 1 spiro atoms. The smallest absolute Gasteiger partial charge is 0.335 e. The third-order valence-corrected chi connectivity index (χ3v) is 3.37. The van der Waals surface area contributed by atoms with Crippen molar-refractivity contribution in [3.05, 3.63) is 42.0 Å². The summed E-state index contributed by atoms with van der Waals surface area (Å²) in [7, 11) is 1.69. The summed E-state index contributed by atoms with van der Waals surface area (Å²) in [4.78, 5) is 25.3. The molecule has 86 valence electrons. The van der Waals surface area contributed by atoms with Gasteiger partial charge in [0.15, 0.2) is 0 Å². The Morgan fingerprint density at radius 1 is 1.35 bits per heavy atom. The van der Waals surface area contributed by atoms with Gasteiger partial charge in [-0.2, -0.15) is 0 Å². The molecular weight excluding hydrogens is 218 g/mol. The average Bonchev–Trinajstić information content (AvgIpc) is 2.73. The second-order valence-electron chi connectivity index (χ2n) is 4.38. The van der Waals surface area contributed by atoms with Crippen molar-refractivity contribution in [2.45, 2.75) is 12.0 Å². The van der Waals surface area contributed by atoms with E-state index in [2.05, 4.69) is 6.58 Å². The molecule has 0 N–H and O–H groups in total. The molecule has 1 aromatic carbocycles. The number of carbonyl (C=O) groups is 2. The molecule has 2 aliphatic heterocycles. The van der Waals surface area contributed by atoms with E-state index < -0.39 is 11.6 Å². The summed E-state index contributed by atoms with van der Waals surface area (Å²) >= 11 is 0. The maximum absolute atomic E-state index is 12.3. The van der Waals surface area contributed by atoms with Gasteiger partial charge >= 0.3 is 5.97 Å². The summed E-state index contributed by atoms with van der Waals surface area (Å²) in [6.07, 6.45) is 0.242. The topological polar surface area (TPSA) is 46.6 Å². The molecule has 1 fully saturated rings. The Hall–Kier alpha value is -2.10. The number of para-hydroxylation sites is 1. The number of amides is 1. The van der Waals surface area contributed by atoms with E-state index in [0.717, 1.165) is 11.3 Å². The van der Waals surface area contributed by atoms with Crippen molar-refractivity contribution < 1.29 is 14.3 Å². The van der Waals surface area contributed by atoms with Crippen molar-refractivity contribution in [1.29, 1.82) is 0 Å².